The summed E-state index contributed by atoms with van der Waals surface area (Å²) in [5, 5.41) is 10.1. The molecule has 0 unspecified atom stereocenters. The SMILES string of the molecule is O=C(Nc1nc(-c2ccc(Cl)cn2)cs1)c1cnn(Cc2ccccc2)c1Cl. The van der Waals surface area contributed by atoms with Crippen molar-refractivity contribution in [2.75, 3.05) is 5.32 Å². The van der Waals surface area contributed by atoms with Crippen molar-refractivity contribution in [3.8, 4) is 11.4 Å². The molecule has 0 fully saturated rings. The average Bonchev–Trinajstić information content (AvgIpc) is 3.30. The van der Waals surface area contributed by atoms with E-state index in [-0.39, 0.29) is 11.1 Å². The van der Waals surface area contributed by atoms with Crippen molar-refractivity contribution >= 4 is 45.6 Å². The lowest BCUT2D eigenvalue weighted by molar-refractivity contribution is 0.102. The van der Waals surface area contributed by atoms with Gasteiger partial charge in [-0.1, -0.05) is 53.5 Å². The molecule has 140 valence electrons. The number of anilines is 1. The van der Waals surface area contributed by atoms with Crippen LogP contribution in [0.1, 0.15) is 15.9 Å². The van der Waals surface area contributed by atoms with Gasteiger partial charge >= 0.3 is 0 Å². The third-order valence-electron chi connectivity index (χ3n) is 3.91. The van der Waals surface area contributed by atoms with Gasteiger partial charge in [0.2, 0.25) is 0 Å². The first kappa shape index (κ1) is 18.6. The van der Waals surface area contributed by atoms with Crippen LogP contribution in [0.3, 0.4) is 0 Å². The van der Waals surface area contributed by atoms with E-state index in [1.165, 1.54) is 17.5 Å². The predicted molar refractivity (Wildman–Crippen MR) is 111 cm³/mol. The molecule has 1 aromatic carbocycles. The van der Waals surface area contributed by atoms with Gasteiger partial charge in [-0.3, -0.25) is 15.1 Å². The fourth-order valence-corrected chi connectivity index (χ4v) is 3.58. The van der Waals surface area contributed by atoms with Crippen LogP contribution in [-0.4, -0.2) is 25.7 Å². The zero-order valence-corrected chi connectivity index (χ0v) is 16.7. The number of nitrogens with zero attached hydrogens (tertiary/aromatic N) is 4. The molecular weight excluding hydrogens is 417 g/mol. The number of hydrogen-bond acceptors (Lipinski definition) is 5. The number of benzene rings is 1. The van der Waals surface area contributed by atoms with Crippen LogP contribution < -0.4 is 5.32 Å². The van der Waals surface area contributed by atoms with Gasteiger partial charge < -0.3 is 0 Å². The number of thiazole rings is 1. The Kier molecular flexibility index (Phi) is 5.38. The molecule has 0 aliphatic heterocycles. The largest absolute Gasteiger partial charge is 0.298 e. The van der Waals surface area contributed by atoms with E-state index in [1.54, 1.807) is 23.0 Å². The third-order valence-corrected chi connectivity index (χ3v) is 5.29. The van der Waals surface area contributed by atoms with Crippen molar-refractivity contribution in [3.05, 3.63) is 81.5 Å². The fourth-order valence-electron chi connectivity index (χ4n) is 2.53. The van der Waals surface area contributed by atoms with Crippen molar-refractivity contribution in [1.82, 2.24) is 19.7 Å². The van der Waals surface area contributed by atoms with E-state index < -0.39 is 0 Å². The topological polar surface area (TPSA) is 72.7 Å². The van der Waals surface area contributed by atoms with Crippen LogP contribution in [0.15, 0.2) is 60.2 Å². The minimum absolute atomic E-state index is 0.275. The lowest BCUT2D eigenvalue weighted by Crippen LogP contribution is -2.12. The Hall–Kier alpha value is -2.74. The van der Waals surface area contributed by atoms with Crippen molar-refractivity contribution in [2.45, 2.75) is 6.54 Å². The Balaban J connectivity index is 1.48. The van der Waals surface area contributed by atoms with Crippen LogP contribution in [0, 0.1) is 0 Å². The van der Waals surface area contributed by atoms with E-state index in [0.717, 1.165) is 5.56 Å². The van der Waals surface area contributed by atoms with Crippen LogP contribution in [0.25, 0.3) is 11.4 Å². The molecule has 9 heteroatoms. The molecule has 1 N–H and O–H groups in total. The number of hydrogen-bond donors (Lipinski definition) is 1. The Labute approximate surface area is 174 Å². The number of nitrogens with one attached hydrogen (secondary N) is 1. The van der Waals surface area contributed by atoms with Gasteiger partial charge in [-0.05, 0) is 17.7 Å². The standard InChI is InChI=1S/C19H13Cl2N5OS/c20-13-6-7-15(22-8-13)16-11-28-19(24-16)25-18(27)14-9-23-26(17(14)21)10-12-4-2-1-3-5-12/h1-9,11H,10H2,(H,24,25,27). The molecule has 0 radical (unpaired) electrons. The fraction of sp³-hybridized carbons (Fsp3) is 0.0526. The lowest BCUT2D eigenvalue weighted by atomic mass is 10.2. The van der Waals surface area contributed by atoms with Gasteiger partial charge in [-0.25, -0.2) is 9.67 Å². The molecule has 28 heavy (non-hydrogen) atoms. The maximum Gasteiger partial charge on any atom is 0.262 e. The Morgan fingerprint density at radius 3 is 2.64 bits per heavy atom. The monoisotopic (exact) mass is 429 g/mol. The number of pyridine rings is 1. The number of halogens is 2. The Morgan fingerprint density at radius 2 is 1.89 bits per heavy atom. The summed E-state index contributed by atoms with van der Waals surface area (Å²) in [5.41, 5.74) is 2.66. The summed E-state index contributed by atoms with van der Waals surface area (Å²) < 4.78 is 1.58. The van der Waals surface area contributed by atoms with E-state index in [2.05, 4.69) is 20.4 Å². The first-order valence-corrected chi connectivity index (χ1v) is 9.88. The first-order chi connectivity index (χ1) is 13.6. The van der Waals surface area contributed by atoms with Gasteiger partial charge in [0.05, 0.1) is 29.0 Å². The third kappa shape index (κ3) is 4.06. The highest BCUT2D eigenvalue weighted by molar-refractivity contribution is 7.14. The van der Waals surface area contributed by atoms with Crippen LogP contribution in [0.5, 0.6) is 0 Å². The molecule has 4 aromatic rings. The summed E-state index contributed by atoms with van der Waals surface area (Å²) in [7, 11) is 0. The second-order valence-corrected chi connectivity index (χ2v) is 7.50. The summed E-state index contributed by atoms with van der Waals surface area (Å²) in [6.07, 6.45) is 3.01. The molecule has 4 rings (SSSR count). The second-order valence-electron chi connectivity index (χ2n) is 5.85. The lowest BCUT2D eigenvalue weighted by Gasteiger charge is -2.04. The summed E-state index contributed by atoms with van der Waals surface area (Å²) in [6.45, 7) is 0.483. The van der Waals surface area contributed by atoms with Crippen molar-refractivity contribution in [1.29, 1.82) is 0 Å². The second kappa shape index (κ2) is 8.10. The summed E-state index contributed by atoms with van der Waals surface area (Å²) in [5.74, 6) is -0.366. The highest BCUT2D eigenvalue weighted by Crippen LogP contribution is 2.25. The first-order valence-electron chi connectivity index (χ1n) is 8.24. The summed E-state index contributed by atoms with van der Waals surface area (Å²) in [6, 6.07) is 13.3. The molecule has 1 amide bonds. The molecule has 0 saturated carbocycles. The van der Waals surface area contributed by atoms with Crippen molar-refractivity contribution in [2.24, 2.45) is 0 Å². The van der Waals surface area contributed by atoms with Gasteiger partial charge in [0.15, 0.2) is 5.13 Å². The minimum atomic E-state index is -0.366. The Bertz CT molecular complexity index is 1110. The molecule has 3 aromatic heterocycles. The summed E-state index contributed by atoms with van der Waals surface area (Å²) >= 11 is 13.5. The maximum atomic E-state index is 12.6. The molecule has 0 spiro atoms. The molecule has 6 nitrogen and oxygen atoms in total. The summed E-state index contributed by atoms with van der Waals surface area (Å²) in [4.78, 5) is 21.2. The number of rotatable bonds is 5. The van der Waals surface area contributed by atoms with Crippen LogP contribution in [0.4, 0.5) is 5.13 Å². The smallest absolute Gasteiger partial charge is 0.262 e. The van der Waals surface area contributed by atoms with E-state index >= 15 is 0 Å². The maximum absolute atomic E-state index is 12.6. The molecular formula is C19H13Cl2N5OS. The van der Waals surface area contributed by atoms with Crippen LogP contribution >= 0.6 is 34.5 Å². The molecule has 0 aliphatic rings. The van der Waals surface area contributed by atoms with Gasteiger partial charge in [0, 0.05) is 11.6 Å². The molecule has 3 heterocycles. The zero-order chi connectivity index (χ0) is 19.5. The molecule has 0 bridgehead atoms. The van der Waals surface area contributed by atoms with E-state index in [9.17, 15) is 4.79 Å². The molecule has 0 saturated heterocycles. The highest BCUT2D eigenvalue weighted by Gasteiger charge is 2.18. The quantitative estimate of drug-likeness (QED) is 0.483. The average molecular weight is 430 g/mol. The van der Waals surface area contributed by atoms with Crippen molar-refractivity contribution in [3.63, 3.8) is 0 Å². The molecule has 0 aliphatic carbocycles. The number of amides is 1. The minimum Gasteiger partial charge on any atom is -0.298 e. The Morgan fingerprint density at radius 1 is 1.07 bits per heavy atom. The van der Waals surface area contributed by atoms with E-state index in [0.29, 0.717) is 33.7 Å². The van der Waals surface area contributed by atoms with Gasteiger partial charge in [0.1, 0.15) is 10.8 Å². The number of carbonyl (C=O) groups is 1. The van der Waals surface area contributed by atoms with E-state index in [4.69, 9.17) is 23.2 Å². The normalized spacial score (nSPS) is 10.8. The van der Waals surface area contributed by atoms with Gasteiger partial charge in [0.25, 0.3) is 5.91 Å². The van der Waals surface area contributed by atoms with Gasteiger partial charge in [-0.2, -0.15) is 5.10 Å². The molecule has 0 atom stereocenters. The van der Waals surface area contributed by atoms with Crippen molar-refractivity contribution < 1.29 is 4.79 Å². The zero-order valence-electron chi connectivity index (χ0n) is 14.3. The van der Waals surface area contributed by atoms with E-state index in [1.807, 2.05) is 35.7 Å². The number of aromatic nitrogens is 4. The van der Waals surface area contributed by atoms with Crippen LogP contribution in [0.2, 0.25) is 10.2 Å². The highest BCUT2D eigenvalue weighted by atomic mass is 35.5. The van der Waals surface area contributed by atoms with Gasteiger partial charge in [-0.15, -0.1) is 11.3 Å². The predicted octanol–water partition coefficient (Wildman–Crippen LogP) is 5.01. The van der Waals surface area contributed by atoms with Crippen LogP contribution in [-0.2, 0) is 6.54 Å². The number of carbonyl (C=O) groups excluding carboxylic acids is 1.